The highest BCUT2D eigenvalue weighted by molar-refractivity contribution is 6.01. The summed E-state index contributed by atoms with van der Waals surface area (Å²) in [6.45, 7) is 4.35. The molecule has 0 heterocycles. The predicted octanol–water partition coefficient (Wildman–Crippen LogP) is 1.61. The van der Waals surface area contributed by atoms with E-state index in [1.54, 1.807) is 6.92 Å². The topological polar surface area (TPSA) is 110 Å². The van der Waals surface area contributed by atoms with Crippen molar-refractivity contribution in [1.29, 1.82) is 0 Å². The number of unbranched alkanes of at least 4 members (excludes halogenated alkanes) is 1. The van der Waals surface area contributed by atoms with Crippen molar-refractivity contribution in [2.24, 2.45) is 0 Å². The van der Waals surface area contributed by atoms with Crippen LogP contribution in [0.15, 0.2) is 11.1 Å². The van der Waals surface area contributed by atoms with Gasteiger partial charge in [-0.25, -0.2) is 9.59 Å². The zero-order valence-electron chi connectivity index (χ0n) is 12.4. The number of rotatable bonds is 11. The second-order valence-corrected chi connectivity index (χ2v) is 4.27. The second kappa shape index (κ2) is 10.8. The molecule has 0 radical (unpaired) electrons. The Morgan fingerprint density at radius 3 is 2.05 bits per heavy atom. The lowest BCUT2D eigenvalue weighted by Crippen LogP contribution is -2.17. The van der Waals surface area contributed by atoms with E-state index in [-0.39, 0.29) is 25.2 Å². The zero-order valence-corrected chi connectivity index (χ0v) is 12.4. The van der Waals surface area contributed by atoms with Crippen LogP contribution in [0.25, 0.3) is 0 Å². The molecule has 0 atom stereocenters. The molecule has 120 valence electrons. The maximum absolute atomic E-state index is 11.5. The smallest absolute Gasteiger partial charge is 0.332 e. The number of carboxylic acid groups (broad SMARTS) is 2. The molecule has 0 rings (SSSR count). The fourth-order valence-corrected chi connectivity index (χ4v) is 1.54. The van der Waals surface area contributed by atoms with Crippen LogP contribution in [0, 0.1) is 0 Å². The Hall–Kier alpha value is -1.89. The number of esters is 1. The molecule has 0 aliphatic rings. The summed E-state index contributed by atoms with van der Waals surface area (Å²) >= 11 is 0. The third-order valence-electron chi connectivity index (χ3n) is 2.66. The largest absolute Gasteiger partial charge is 0.478 e. The third-order valence-corrected chi connectivity index (χ3v) is 2.66. The van der Waals surface area contributed by atoms with E-state index in [1.165, 1.54) is 0 Å². The summed E-state index contributed by atoms with van der Waals surface area (Å²) in [7, 11) is 0. The molecule has 2 N–H and O–H groups in total. The molecule has 0 aliphatic heterocycles. The Balaban J connectivity index is 4.93. The van der Waals surface area contributed by atoms with E-state index in [9.17, 15) is 14.4 Å². The minimum atomic E-state index is -1.43. The highest BCUT2D eigenvalue weighted by Crippen LogP contribution is 2.15. The number of carbonyl (C=O) groups excluding carboxylic acids is 1. The fraction of sp³-hybridized carbons (Fsp3) is 0.643. The van der Waals surface area contributed by atoms with Crippen LogP contribution in [0.5, 0.6) is 0 Å². The van der Waals surface area contributed by atoms with Crippen LogP contribution in [-0.4, -0.2) is 47.9 Å². The Morgan fingerprint density at radius 1 is 0.952 bits per heavy atom. The molecule has 0 fully saturated rings. The van der Waals surface area contributed by atoms with Gasteiger partial charge >= 0.3 is 17.9 Å². The second-order valence-electron chi connectivity index (χ2n) is 4.27. The van der Waals surface area contributed by atoms with Gasteiger partial charge in [0.25, 0.3) is 0 Å². The van der Waals surface area contributed by atoms with Crippen LogP contribution in [0.1, 0.15) is 39.5 Å². The third kappa shape index (κ3) is 8.09. The SMILES string of the molecule is CCCCOC(=O)CC(C(=O)O)=C(CCOCC)C(=O)O. The lowest BCUT2D eigenvalue weighted by Gasteiger charge is -2.09. The van der Waals surface area contributed by atoms with Crippen LogP contribution >= 0.6 is 0 Å². The van der Waals surface area contributed by atoms with E-state index in [1.807, 2.05) is 6.92 Å². The molecule has 0 saturated heterocycles. The molecule has 0 aromatic heterocycles. The van der Waals surface area contributed by atoms with E-state index in [2.05, 4.69) is 0 Å². The van der Waals surface area contributed by atoms with Gasteiger partial charge in [-0.3, -0.25) is 4.79 Å². The van der Waals surface area contributed by atoms with Gasteiger partial charge in [-0.1, -0.05) is 13.3 Å². The number of aliphatic carboxylic acids is 2. The summed E-state index contributed by atoms with van der Waals surface area (Å²) in [6, 6.07) is 0. The fourth-order valence-electron chi connectivity index (χ4n) is 1.54. The average Bonchev–Trinajstić information content (AvgIpc) is 2.41. The Labute approximate surface area is 123 Å². The molecule has 21 heavy (non-hydrogen) atoms. The van der Waals surface area contributed by atoms with E-state index in [0.29, 0.717) is 13.0 Å². The first kappa shape index (κ1) is 19.1. The van der Waals surface area contributed by atoms with Crippen LogP contribution in [0.4, 0.5) is 0 Å². The summed E-state index contributed by atoms with van der Waals surface area (Å²) in [6.07, 6.45) is 0.872. The molecule has 0 aromatic carbocycles. The van der Waals surface area contributed by atoms with Gasteiger partial charge in [0.05, 0.1) is 30.8 Å². The minimum absolute atomic E-state index is 0.0763. The van der Waals surface area contributed by atoms with E-state index in [4.69, 9.17) is 19.7 Å². The maximum Gasteiger partial charge on any atom is 0.332 e. The zero-order chi connectivity index (χ0) is 16.3. The quantitative estimate of drug-likeness (QED) is 0.339. The molecule has 0 spiro atoms. The lowest BCUT2D eigenvalue weighted by molar-refractivity contribution is -0.145. The Bertz CT molecular complexity index is 398. The molecule has 7 heteroatoms. The first-order valence-electron chi connectivity index (χ1n) is 6.85. The maximum atomic E-state index is 11.5. The molecule has 7 nitrogen and oxygen atoms in total. The van der Waals surface area contributed by atoms with Crippen molar-refractivity contribution in [3.63, 3.8) is 0 Å². The summed E-state index contributed by atoms with van der Waals surface area (Å²) in [4.78, 5) is 33.9. The van der Waals surface area contributed by atoms with Crippen molar-refractivity contribution >= 4 is 17.9 Å². The molecular weight excluding hydrogens is 280 g/mol. The minimum Gasteiger partial charge on any atom is -0.478 e. The number of hydrogen-bond donors (Lipinski definition) is 2. The molecular formula is C14H22O7. The van der Waals surface area contributed by atoms with Crippen molar-refractivity contribution in [1.82, 2.24) is 0 Å². The van der Waals surface area contributed by atoms with Crippen LogP contribution in [0.2, 0.25) is 0 Å². The Morgan fingerprint density at radius 2 is 1.57 bits per heavy atom. The van der Waals surface area contributed by atoms with Gasteiger partial charge in [-0.15, -0.1) is 0 Å². The summed E-state index contributed by atoms with van der Waals surface area (Å²) in [5.74, 6) is -3.54. The van der Waals surface area contributed by atoms with Gasteiger partial charge in [0.2, 0.25) is 0 Å². The Kier molecular flexibility index (Phi) is 9.87. The van der Waals surface area contributed by atoms with Gasteiger partial charge in [0.15, 0.2) is 0 Å². The summed E-state index contributed by atoms with van der Waals surface area (Å²) in [5, 5.41) is 18.2. The first-order valence-corrected chi connectivity index (χ1v) is 6.85. The van der Waals surface area contributed by atoms with Gasteiger partial charge in [0.1, 0.15) is 0 Å². The molecule has 0 amide bonds. The standard InChI is InChI=1S/C14H22O7/c1-3-5-7-21-12(15)9-11(14(18)19)10(13(16)17)6-8-20-4-2/h3-9H2,1-2H3,(H,16,17)(H,18,19). The lowest BCUT2D eigenvalue weighted by atomic mass is 10.0. The summed E-state index contributed by atoms with van der Waals surface area (Å²) < 4.78 is 9.88. The monoisotopic (exact) mass is 302 g/mol. The van der Waals surface area contributed by atoms with E-state index >= 15 is 0 Å². The average molecular weight is 302 g/mol. The van der Waals surface area contributed by atoms with Gasteiger partial charge in [0, 0.05) is 13.0 Å². The predicted molar refractivity (Wildman–Crippen MR) is 73.9 cm³/mol. The number of hydrogen-bond acceptors (Lipinski definition) is 5. The van der Waals surface area contributed by atoms with Gasteiger partial charge < -0.3 is 19.7 Å². The van der Waals surface area contributed by atoms with Crippen molar-refractivity contribution in [3.8, 4) is 0 Å². The normalized spacial score (nSPS) is 11.7. The molecule has 0 bridgehead atoms. The van der Waals surface area contributed by atoms with Crippen LogP contribution in [-0.2, 0) is 23.9 Å². The van der Waals surface area contributed by atoms with Gasteiger partial charge in [-0.2, -0.15) is 0 Å². The number of ether oxygens (including phenoxy) is 2. The van der Waals surface area contributed by atoms with Crippen molar-refractivity contribution in [2.45, 2.75) is 39.5 Å². The van der Waals surface area contributed by atoms with Crippen LogP contribution in [0.3, 0.4) is 0 Å². The van der Waals surface area contributed by atoms with E-state index in [0.717, 1.165) is 6.42 Å². The van der Waals surface area contributed by atoms with Gasteiger partial charge in [-0.05, 0) is 13.3 Å². The molecule has 0 aromatic rings. The van der Waals surface area contributed by atoms with E-state index < -0.39 is 29.9 Å². The number of carboxylic acids is 2. The van der Waals surface area contributed by atoms with Crippen molar-refractivity contribution < 1.29 is 34.1 Å². The highest BCUT2D eigenvalue weighted by atomic mass is 16.5. The van der Waals surface area contributed by atoms with Crippen molar-refractivity contribution in [2.75, 3.05) is 19.8 Å². The first-order chi connectivity index (χ1) is 9.93. The molecule has 0 saturated carbocycles. The molecule has 0 unspecified atom stereocenters. The van der Waals surface area contributed by atoms with Crippen LogP contribution < -0.4 is 0 Å². The summed E-state index contributed by atoms with van der Waals surface area (Å²) in [5.41, 5.74) is -0.785. The number of carbonyl (C=O) groups is 3. The molecule has 0 aliphatic carbocycles. The highest BCUT2D eigenvalue weighted by Gasteiger charge is 2.23. The van der Waals surface area contributed by atoms with Crippen molar-refractivity contribution in [3.05, 3.63) is 11.1 Å².